The van der Waals surface area contributed by atoms with Crippen molar-refractivity contribution in [2.24, 2.45) is 11.7 Å². The predicted octanol–water partition coefficient (Wildman–Crippen LogP) is 0.0456. The Kier molecular flexibility index (Phi) is 4.47. The average molecular weight is 390 g/mol. The van der Waals surface area contributed by atoms with Gasteiger partial charge >= 0.3 is 6.03 Å². The van der Waals surface area contributed by atoms with Crippen molar-refractivity contribution in [3.63, 3.8) is 0 Å². The van der Waals surface area contributed by atoms with Crippen molar-refractivity contribution in [2.75, 3.05) is 32.0 Å². The summed E-state index contributed by atoms with van der Waals surface area (Å²) >= 11 is 1.32. The maximum atomic E-state index is 12.8. The molecule has 1 aromatic heterocycles. The van der Waals surface area contributed by atoms with Gasteiger partial charge in [0.15, 0.2) is 0 Å². The maximum absolute atomic E-state index is 12.8. The third kappa shape index (κ3) is 2.74. The zero-order chi connectivity index (χ0) is 19.2. The molecule has 27 heavy (non-hydrogen) atoms. The van der Waals surface area contributed by atoms with Crippen molar-refractivity contribution in [1.29, 1.82) is 0 Å². The number of rotatable bonds is 4. The molecule has 0 radical (unpaired) electrons. The minimum atomic E-state index is -1.07. The second-order valence-corrected chi connectivity index (χ2v) is 8.34. The number of thioether (sulfide) groups is 1. The molecule has 9 nitrogen and oxygen atoms in total. The molecule has 0 aromatic carbocycles. The number of aromatic nitrogens is 1. The molecule has 5 N–H and O–H groups in total. The predicted molar refractivity (Wildman–Crippen MR) is 100 cm³/mol. The standard InChI is InChI=1S/C17H22N6O3S/c1-19-7-11(24)23-6-2-3-9(8-23)17(15(18)25)13-12-10(21-16(26)22-13)4-5-20-14(12)27-17/h4-5,9,13,19H,2-3,6-8H2,1H3,(H2,18,25)(H2,21,22,26). The number of carbonyl (C=O) groups is 3. The van der Waals surface area contributed by atoms with E-state index in [1.165, 1.54) is 11.8 Å². The molecule has 3 aliphatic rings. The van der Waals surface area contributed by atoms with Gasteiger partial charge in [0.1, 0.15) is 9.77 Å². The van der Waals surface area contributed by atoms with E-state index in [0.29, 0.717) is 23.8 Å². The van der Waals surface area contributed by atoms with E-state index in [0.717, 1.165) is 18.4 Å². The summed E-state index contributed by atoms with van der Waals surface area (Å²) in [6.45, 7) is 1.34. The van der Waals surface area contributed by atoms with Gasteiger partial charge in [-0.3, -0.25) is 9.59 Å². The minimum Gasteiger partial charge on any atom is -0.368 e. The first-order valence-electron chi connectivity index (χ1n) is 8.95. The fraction of sp³-hybridized carbons (Fsp3) is 0.529. The van der Waals surface area contributed by atoms with Gasteiger partial charge in [-0.2, -0.15) is 0 Å². The Bertz CT molecular complexity index is 818. The van der Waals surface area contributed by atoms with Gasteiger partial charge in [-0.1, -0.05) is 11.8 Å². The zero-order valence-electron chi connectivity index (χ0n) is 14.9. The Morgan fingerprint density at radius 1 is 1.52 bits per heavy atom. The van der Waals surface area contributed by atoms with E-state index in [1.54, 1.807) is 24.2 Å². The van der Waals surface area contributed by atoms with Crippen molar-refractivity contribution in [3.05, 3.63) is 17.8 Å². The molecule has 0 aliphatic carbocycles. The van der Waals surface area contributed by atoms with E-state index in [-0.39, 0.29) is 24.4 Å². The molecule has 0 saturated carbocycles. The number of nitrogens with one attached hydrogen (secondary N) is 3. The second kappa shape index (κ2) is 6.68. The van der Waals surface area contributed by atoms with Crippen molar-refractivity contribution >= 4 is 35.3 Å². The molecule has 0 bridgehead atoms. The number of hydrogen-bond donors (Lipinski definition) is 4. The number of anilines is 1. The Morgan fingerprint density at radius 3 is 3.07 bits per heavy atom. The molecular formula is C17H22N6O3S. The minimum absolute atomic E-state index is 0.00417. The van der Waals surface area contributed by atoms with Crippen LogP contribution in [0.1, 0.15) is 24.4 Å². The fourth-order valence-corrected chi connectivity index (χ4v) is 5.88. The number of hydrogen-bond acceptors (Lipinski definition) is 6. The van der Waals surface area contributed by atoms with E-state index in [9.17, 15) is 14.4 Å². The summed E-state index contributed by atoms with van der Waals surface area (Å²) in [4.78, 5) is 43.5. The maximum Gasteiger partial charge on any atom is 0.319 e. The molecule has 3 aliphatic heterocycles. The van der Waals surface area contributed by atoms with E-state index in [4.69, 9.17) is 5.73 Å². The summed E-state index contributed by atoms with van der Waals surface area (Å²) in [5.74, 6) is -0.674. The molecule has 1 aromatic rings. The van der Waals surface area contributed by atoms with Gasteiger partial charge in [0.2, 0.25) is 11.8 Å². The first kappa shape index (κ1) is 18.1. The molecule has 144 valence electrons. The number of primary amides is 1. The monoisotopic (exact) mass is 390 g/mol. The third-order valence-corrected chi connectivity index (χ3v) is 7.18. The van der Waals surface area contributed by atoms with Gasteiger partial charge < -0.3 is 26.6 Å². The Balaban J connectivity index is 1.72. The highest BCUT2D eigenvalue weighted by molar-refractivity contribution is 8.01. The highest BCUT2D eigenvalue weighted by atomic mass is 32.2. The first-order valence-corrected chi connectivity index (χ1v) is 9.76. The number of piperidine rings is 1. The molecule has 4 rings (SSSR count). The third-order valence-electron chi connectivity index (χ3n) is 5.55. The smallest absolute Gasteiger partial charge is 0.319 e. The number of nitrogens with zero attached hydrogens (tertiary/aromatic N) is 2. The van der Waals surface area contributed by atoms with Crippen LogP contribution in [0.15, 0.2) is 17.3 Å². The Hall–Kier alpha value is -2.33. The highest BCUT2D eigenvalue weighted by Crippen LogP contribution is 2.58. The van der Waals surface area contributed by atoms with Crippen molar-refractivity contribution in [3.8, 4) is 0 Å². The van der Waals surface area contributed by atoms with E-state index in [1.807, 2.05) is 0 Å². The summed E-state index contributed by atoms with van der Waals surface area (Å²) < 4.78 is -1.07. The van der Waals surface area contributed by atoms with Crippen LogP contribution in [0.5, 0.6) is 0 Å². The molecule has 3 unspecified atom stereocenters. The summed E-state index contributed by atoms with van der Waals surface area (Å²) in [6, 6.07) is 0.805. The van der Waals surface area contributed by atoms with Gasteiger partial charge in [0, 0.05) is 30.8 Å². The topological polar surface area (TPSA) is 129 Å². The van der Waals surface area contributed by atoms with E-state index >= 15 is 0 Å². The summed E-state index contributed by atoms with van der Waals surface area (Å²) in [5.41, 5.74) is 7.39. The fourth-order valence-electron chi connectivity index (χ4n) is 4.36. The van der Waals surface area contributed by atoms with Gasteiger partial charge in [0.25, 0.3) is 0 Å². The number of nitrogens with two attached hydrogens (primary N) is 1. The van der Waals surface area contributed by atoms with Crippen LogP contribution in [0.2, 0.25) is 0 Å². The molecule has 1 saturated heterocycles. The number of urea groups is 1. The molecule has 3 atom stereocenters. The van der Waals surface area contributed by atoms with Crippen LogP contribution in [0.4, 0.5) is 10.5 Å². The van der Waals surface area contributed by atoms with Crippen LogP contribution in [0.25, 0.3) is 0 Å². The van der Waals surface area contributed by atoms with Crippen molar-refractivity contribution in [1.82, 2.24) is 20.5 Å². The van der Waals surface area contributed by atoms with E-state index in [2.05, 4.69) is 20.9 Å². The quantitative estimate of drug-likeness (QED) is 0.575. The lowest BCUT2D eigenvalue weighted by Crippen LogP contribution is -2.60. The molecule has 0 spiro atoms. The second-order valence-electron chi connectivity index (χ2n) is 7.08. The van der Waals surface area contributed by atoms with Crippen LogP contribution in [0.3, 0.4) is 0 Å². The summed E-state index contributed by atoms with van der Waals surface area (Å²) in [5, 5.41) is 9.22. The average Bonchev–Trinajstić information content (AvgIpc) is 2.99. The van der Waals surface area contributed by atoms with Gasteiger partial charge in [0.05, 0.1) is 18.3 Å². The Morgan fingerprint density at radius 2 is 2.33 bits per heavy atom. The normalized spacial score (nSPS) is 28.9. The lowest BCUT2D eigenvalue weighted by molar-refractivity contribution is -0.134. The number of pyridine rings is 1. The van der Waals surface area contributed by atoms with Crippen LogP contribution in [-0.4, -0.2) is 59.2 Å². The zero-order valence-corrected chi connectivity index (χ0v) is 15.8. The van der Waals surface area contributed by atoms with Gasteiger partial charge in [-0.05, 0) is 26.0 Å². The van der Waals surface area contributed by atoms with Gasteiger partial charge in [-0.15, -0.1) is 0 Å². The number of amides is 4. The van der Waals surface area contributed by atoms with E-state index < -0.39 is 16.7 Å². The number of likely N-dealkylation sites (N-methyl/N-ethyl adjacent to an activating group) is 1. The van der Waals surface area contributed by atoms with Crippen molar-refractivity contribution in [2.45, 2.75) is 28.7 Å². The van der Waals surface area contributed by atoms with Gasteiger partial charge in [-0.25, -0.2) is 9.78 Å². The largest absolute Gasteiger partial charge is 0.368 e. The number of carbonyl (C=O) groups excluding carboxylic acids is 3. The molecular weight excluding hydrogens is 368 g/mol. The lowest BCUT2D eigenvalue weighted by Gasteiger charge is -2.44. The summed E-state index contributed by atoms with van der Waals surface area (Å²) in [7, 11) is 1.73. The molecule has 10 heteroatoms. The number of likely N-dealkylation sites (tertiary alicyclic amines) is 1. The lowest BCUT2D eigenvalue weighted by atomic mass is 9.76. The molecule has 4 amide bonds. The summed E-state index contributed by atoms with van der Waals surface area (Å²) in [6.07, 6.45) is 3.15. The van der Waals surface area contributed by atoms with Crippen LogP contribution >= 0.6 is 11.8 Å². The first-order chi connectivity index (χ1) is 13.0. The van der Waals surface area contributed by atoms with Crippen LogP contribution in [0, 0.1) is 5.92 Å². The molecule has 1 fully saturated rings. The highest BCUT2D eigenvalue weighted by Gasteiger charge is 2.60. The Labute approximate surface area is 160 Å². The molecule has 4 heterocycles. The SMILES string of the molecule is CNCC(=O)N1CCCC(C2(C(N)=O)Sc3nccc4c3C2NC(=O)N4)C1. The van der Waals surface area contributed by atoms with Crippen molar-refractivity contribution < 1.29 is 14.4 Å². The van der Waals surface area contributed by atoms with Crippen LogP contribution in [-0.2, 0) is 9.59 Å². The van der Waals surface area contributed by atoms with Crippen LogP contribution < -0.4 is 21.7 Å².